The second-order valence-electron chi connectivity index (χ2n) is 6.62. The number of nitrogens with zero attached hydrogens (tertiary/aromatic N) is 1. The number of hydrogen-bond donors (Lipinski definition) is 0. The molecule has 0 atom stereocenters. The SMILES string of the molecule is COc1ccc(C=CC(=O)OCc2ccc(Cl)c(Cl)c2)cc1S(=O)(=O)N1CCOCC1. The van der Waals surface area contributed by atoms with Crippen LogP contribution in [-0.2, 0) is 30.9 Å². The van der Waals surface area contributed by atoms with Gasteiger partial charge in [-0.3, -0.25) is 0 Å². The number of sulfonamides is 1. The van der Waals surface area contributed by atoms with Crippen molar-refractivity contribution >= 4 is 45.3 Å². The average Bonchev–Trinajstić information content (AvgIpc) is 2.78. The van der Waals surface area contributed by atoms with Gasteiger partial charge in [-0.05, 0) is 41.5 Å². The quantitative estimate of drug-likeness (QED) is 0.438. The summed E-state index contributed by atoms with van der Waals surface area (Å²) in [4.78, 5) is 12.1. The van der Waals surface area contributed by atoms with E-state index >= 15 is 0 Å². The lowest BCUT2D eigenvalue weighted by atomic mass is 10.2. The third-order valence-electron chi connectivity index (χ3n) is 4.55. The Hall–Kier alpha value is -2.10. The highest BCUT2D eigenvalue weighted by atomic mass is 35.5. The van der Waals surface area contributed by atoms with Gasteiger partial charge in [-0.1, -0.05) is 35.3 Å². The fourth-order valence-corrected chi connectivity index (χ4v) is 4.84. The van der Waals surface area contributed by atoms with Crippen molar-refractivity contribution in [3.63, 3.8) is 0 Å². The van der Waals surface area contributed by atoms with Gasteiger partial charge in [0.1, 0.15) is 17.3 Å². The van der Waals surface area contributed by atoms with Crippen LogP contribution in [0.15, 0.2) is 47.4 Å². The van der Waals surface area contributed by atoms with E-state index in [1.54, 1.807) is 30.3 Å². The van der Waals surface area contributed by atoms with Gasteiger partial charge < -0.3 is 14.2 Å². The van der Waals surface area contributed by atoms with Crippen LogP contribution in [0, 0.1) is 0 Å². The van der Waals surface area contributed by atoms with Crippen LogP contribution in [0.4, 0.5) is 0 Å². The van der Waals surface area contributed by atoms with Gasteiger partial charge in [0.25, 0.3) is 0 Å². The maximum absolute atomic E-state index is 13.0. The molecule has 1 heterocycles. The minimum absolute atomic E-state index is 0.0271. The van der Waals surface area contributed by atoms with Crippen LogP contribution in [0.3, 0.4) is 0 Å². The van der Waals surface area contributed by atoms with E-state index in [1.807, 2.05) is 0 Å². The molecule has 0 bridgehead atoms. The van der Waals surface area contributed by atoms with Crippen LogP contribution in [0.1, 0.15) is 11.1 Å². The van der Waals surface area contributed by atoms with Crippen molar-refractivity contribution in [2.24, 2.45) is 0 Å². The number of morpholine rings is 1. The van der Waals surface area contributed by atoms with Crippen LogP contribution in [0.2, 0.25) is 10.0 Å². The van der Waals surface area contributed by atoms with Gasteiger partial charge in [0.05, 0.1) is 30.4 Å². The second kappa shape index (κ2) is 10.5. The number of rotatable bonds is 7. The Kier molecular flexibility index (Phi) is 7.96. The summed E-state index contributed by atoms with van der Waals surface area (Å²) in [7, 11) is -2.36. The molecule has 7 nitrogen and oxygen atoms in total. The van der Waals surface area contributed by atoms with E-state index in [0.717, 1.165) is 0 Å². The average molecular weight is 486 g/mol. The van der Waals surface area contributed by atoms with Crippen LogP contribution < -0.4 is 4.74 Å². The molecule has 3 rings (SSSR count). The Morgan fingerprint density at radius 3 is 2.55 bits per heavy atom. The molecular formula is C21H21Cl2NO6S. The van der Waals surface area contributed by atoms with Crippen LogP contribution in [0.25, 0.3) is 6.08 Å². The van der Waals surface area contributed by atoms with Gasteiger partial charge in [0.2, 0.25) is 10.0 Å². The number of carbonyl (C=O) groups is 1. The molecule has 0 spiro atoms. The van der Waals surface area contributed by atoms with Gasteiger partial charge >= 0.3 is 5.97 Å². The number of hydrogen-bond acceptors (Lipinski definition) is 6. The Balaban J connectivity index is 1.72. The molecule has 1 aliphatic heterocycles. The van der Waals surface area contributed by atoms with Gasteiger partial charge in [-0.25, -0.2) is 13.2 Å². The van der Waals surface area contributed by atoms with E-state index in [4.69, 9.17) is 37.4 Å². The molecule has 31 heavy (non-hydrogen) atoms. The molecule has 0 aliphatic carbocycles. The van der Waals surface area contributed by atoms with Crippen molar-refractivity contribution in [3.8, 4) is 5.75 Å². The van der Waals surface area contributed by atoms with Gasteiger partial charge in [-0.15, -0.1) is 0 Å². The lowest BCUT2D eigenvalue weighted by molar-refractivity contribution is -0.138. The first-order chi connectivity index (χ1) is 14.8. The van der Waals surface area contributed by atoms with Crippen molar-refractivity contribution in [3.05, 3.63) is 63.6 Å². The maximum Gasteiger partial charge on any atom is 0.331 e. The summed E-state index contributed by atoms with van der Waals surface area (Å²) in [5, 5.41) is 0.789. The van der Waals surface area contributed by atoms with E-state index in [1.165, 1.54) is 29.6 Å². The summed E-state index contributed by atoms with van der Waals surface area (Å²) < 4.78 is 43.1. The Morgan fingerprint density at radius 1 is 1.13 bits per heavy atom. The molecule has 0 amide bonds. The lowest BCUT2D eigenvalue weighted by Gasteiger charge is -2.26. The first-order valence-corrected chi connectivity index (χ1v) is 11.6. The summed E-state index contributed by atoms with van der Waals surface area (Å²) in [6.07, 6.45) is 2.71. The molecule has 0 aromatic heterocycles. The second-order valence-corrected chi connectivity index (χ2v) is 9.34. The molecule has 0 N–H and O–H groups in total. The zero-order chi connectivity index (χ0) is 22.4. The monoisotopic (exact) mass is 485 g/mol. The Labute approximate surface area is 191 Å². The van der Waals surface area contributed by atoms with Crippen LogP contribution in [-0.4, -0.2) is 52.1 Å². The molecule has 10 heteroatoms. The van der Waals surface area contributed by atoms with E-state index in [-0.39, 0.29) is 30.3 Å². The topological polar surface area (TPSA) is 82.1 Å². The Bertz CT molecular complexity index is 1080. The van der Waals surface area contributed by atoms with E-state index < -0.39 is 16.0 Å². The molecule has 166 valence electrons. The summed E-state index contributed by atoms with van der Waals surface area (Å²) in [6, 6.07) is 9.61. The number of benzene rings is 2. The minimum atomic E-state index is -3.76. The number of methoxy groups -OCH3 is 1. The molecule has 1 fully saturated rings. The predicted octanol–water partition coefficient (Wildman–Crippen LogP) is 3.78. The first kappa shape index (κ1) is 23.6. The fraction of sp³-hybridized carbons (Fsp3) is 0.286. The van der Waals surface area contributed by atoms with E-state index in [2.05, 4.69) is 0 Å². The van der Waals surface area contributed by atoms with Crippen molar-refractivity contribution in [1.29, 1.82) is 0 Å². The summed E-state index contributed by atoms with van der Waals surface area (Å²) in [5.74, 6) is -0.356. The molecule has 2 aromatic rings. The lowest BCUT2D eigenvalue weighted by Crippen LogP contribution is -2.40. The van der Waals surface area contributed by atoms with Crippen LogP contribution >= 0.6 is 23.2 Å². The normalized spacial score (nSPS) is 15.2. The van der Waals surface area contributed by atoms with Crippen molar-refractivity contribution < 1.29 is 27.4 Å². The van der Waals surface area contributed by atoms with Gasteiger partial charge in [0, 0.05) is 19.2 Å². The summed E-state index contributed by atoms with van der Waals surface area (Å²) >= 11 is 11.8. The zero-order valence-corrected chi connectivity index (χ0v) is 19.0. The van der Waals surface area contributed by atoms with Crippen molar-refractivity contribution in [2.75, 3.05) is 33.4 Å². The highest BCUT2D eigenvalue weighted by Gasteiger charge is 2.29. The molecule has 0 unspecified atom stereocenters. The number of halogens is 2. The van der Waals surface area contributed by atoms with Crippen molar-refractivity contribution in [2.45, 2.75) is 11.5 Å². The first-order valence-electron chi connectivity index (χ1n) is 9.36. The highest BCUT2D eigenvalue weighted by Crippen LogP contribution is 2.29. The van der Waals surface area contributed by atoms with E-state index in [0.29, 0.717) is 34.4 Å². The minimum Gasteiger partial charge on any atom is -0.495 e. The number of carbonyl (C=O) groups excluding carboxylic acids is 1. The largest absolute Gasteiger partial charge is 0.495 e. The summed E-state index contributed by atoms with van der Waals surface area (Å²) in [5.41, 5.74) is 1.21. The third kappa shape index (κ3) is 5.99. The Morgan fingerprint density at radius 2 is 1.87 bits per heavy atom. The predicted molar refractivity (Wildman–Crippen MR) is 118 cm³/mol. The maximum atomic E-state index is 13.0. The molecular weight excluding hydrogens is 465 g/mol. The molecule has 2 aromatic carbocycles. The third-order valence-corrected chi connectivity index (χ3v) is 7.21. The van der Waals surface area contributed by atoms with Gasteiger partial charge in [-0.2, -0.15) is 4.31 Å². The molecule has 1 saturated heterocycles. The molecule has 0 radical (unpaired) electrons. The smallest absolute Gasteiger partial charge is 0.331 e. The fourth-order valence-electron chi connectivity index (χ4n) is 2.92. The zero-order valence-electron chi connectivity index (χ0n) is 16.7. The number of ether oxygens (including phenoxy) is 3. The number of esters is 1. The highest BCUT2D eigenvalue weighted by molar-refractivity contribution is 7.89. The van der Waals surface area contributed by atoms with Gasteiger partial charge in [0.15, 0.2) is 0 Å². The van der Waals surface area contributed by atoms with Crippen molar-refractivity contribution in [1.82, 2.24) is 4.31 Å². The molecule has 1 aliphatic rings. The van der Waals surface area contributed by atoms with E-state index in [9.17, 15) is 13.2 Å². The molecule has 0 saturated carbocycles. The van der Waals surface area contributed by atoms with Crippen LogP contribution in [0.5, 0.6) is 5.75 Å². The standard InChI is InChI=1S/C21H21Cl2NO6S/c1-28-19-6-3-15(13-20(19)31(26,27)24-8-10-29-11-9-24)4-7-21(25)30-14-16-2-5-17(22)18(23)12-16/h2-7,12-13H,8-11,14H2,1H3. The summed E-state index contributed by atoms with van der Waals surface area (Å²) in [6.45, 7) is 1.25.